The average Bonchev–Trinajstić information content (AvgIpc) is 3.33. The maximum Gasteiger partial charge on any atom is 0.241 e. The molecule has 0 unspecified atom stereocenters. The van der Waals surface area contributed by atoms with Crippen molar-refractivity contribution in [2.24, 2.45) is 5.73 Å². The van der Waals surface area contributed by atoms with Gasteiger partial charge in [0.25, 0.3) is 0 Å². The molecule has 0 saturated carbocycles. The fourth-order valence-corrected chi connectivity index (χ4v) is 3.60. The van der Waals surface area contributed by atoms with Crippen molar-refractivity contribution in [3.8, 4) is 0 Å². The number of carbonyl (C=O) groups is 1. The summed E-state index contributed by atoms with van der Waals surface area (Å²) in [6, 6.07) is 15.5. The van der Waals surface area contributed by atoms with E-state index in [2.05, 4.69) is 27.3 Å². The van der Waals surface area contributed by atoms with E-state index in [0.29, 0.717) is 6.42 Å². The molecule has 5 heteroatoms. The number of para-hydroxylation sites is 1. The summed E-state index contributed by atoms with van der Waals surface area (Å²) in [6.45, 7) is 2.22. The number of nitrogens with two attached hydrogens (primary N) is 1. The van der Waals surface area contributed by atoms with Crippen LogP contribution in [0.25, 0.3) is 10.9 Å². The van der Waals surface area contributed by atoms with Gasteiger partial charge in [0.15, 0.2) is 0 Å². The summed E-state index contributed by atoms with van der Waals surface area (Å²) in [4.78, 5) is 18.1. The van der Waals surface area contributed by atoms with Crippen molar-refractivity contribution in [2.75, 3.05) is 23.3 Å². The molecule has 134 valence electrons. The highest BCUT2D eigenvalue weighted by Gasteiger charge is 2.17. The van der Waals surface area contributed by atoms with Gasteiger partial charge in [-0.3, -0.25) is 4.79 Å². The first-order valence-electron chi connectivity index (χ1n) is 9.17. The molecule has 1 fully saturated rings. The van der Waals surface area contributed by atoms with Gasteiger partial charge in [-0.05, 0) is 55.2 Å². The minimum absolute atomic E-state index is 0.163. The number of hydrogen-bond acceptors (Lipinski definition) is 3. The Bertz CT molecular complexity index is 894. The summed E-state index contributed by atoms with van der Waals surface area (Å²) in [5.74, 6) is -0.163. The topological polar surface area (TPSA) is 74.1 Å². The van der Waals surface area contributed by atoms with Gasteiger partial charge in [0.1, 0.15) is 0 Å². The lowest BCUT2D eigenvalue weighted by atomic mass is 10.0. The lowest BCUT2D eigenvalue weighted by molar-refractivity contribution is -0.117. The van der Waals surface area contributed by atoms with Gasteiger partial charge in [-0.15, -0.1) is 0 Å². The molecule has 2 aromatic carbocycles. The quantitative estimate of drug-likeness (QED) is 0.662. The van der Waals surface area contributed by atoms with E-state index in [0.717, 1.165) is 35.2 Å². The SMILES string of the molecule is N[C@@H](Cc1c[nH]c2ccccc12)C(=O)Nc1ccc(N2CCCC2)cc1. The molecule has 1 aliphatic rings. The van der Waals surface area contributed by atoms with E-state index >= 15 is 0 Å². The molecule has 26 heavy (non-hydrogen) atoms. The third kappa shape index (κ3) is 3.44. The smallest absolute Gasteiger partial charge is 0.241 e. The van der Waals surface area contributed by atoms with Crippen molar-refractivity contribution in [3.63, 3.8) is 0 Å². The Morgan fingerprint density at radius 1 is 1.12 bits per heavy atom. The number of carbonyl (C=O) groups excluding carboxylic acids is 1. The van der Waals surface area contributed by atoms with E-state index < -0.39 is 6.04 Å². The Hall–Kier alpha value is -2.79. The monoisotopic (exact) mass is 348 g/mol. The second kappa shape index (κ2) is 7.22. The second-order valence-corrected chi connectivity index (χ2v) is 6.90. The molecule has 1 saturated heterocycles. The standard InChI is InChI=1S/C21H24N4O/c22-19(13-15-14-23-20-6-2-1-5-18(15)20)21(26)24-16-7-9-17(10-8-16)25-11-3-4-12-25/h1-2,5-10,14,19,23H,3-4,11-13,22H2,(H,24,26)/t19-/m0/s1. The van der Waals surface area contributed by atoms with E-state index in [4.69, 9.17) is 5.73 Å². The number of benzene rings is 2. The fraction of sp³-hybridized carbons (Fsp3) is 0.286. The van der Waals surface area contributed by atoms with E-state index in [1.807, 2.05) is 42.6 Å². The van der Waals surface area contributed by atoms with Crippen LogP contribution in [0.2, 0.25) is 0 Å². The van der Waals surface area contributed by atoms with Gasteiger partial charge in [0, 0.05) is 41.6 Å². The molecule has 0 radical (unpaired) electrons. The number of amides is 1. The summed E-state index contributed by atoms with van der Waals surface area (Å²) >= 11 is 0. The van der Waals surface area contributed by atoms with E-state index in [1.165, 1.54) is 18.5 Å². The van der Waals surface area contributed by atoms with Crippen molar-refractivity contribution in [1.29, 1.82) is 0 Å². The van der Waals surface area contributed by atoms with Gasteiger partial charge in [0.2, 0.25) is 5.91 Å². The molecule has 1 aliphatic heterocycles. The zero-order valence-corrected chi connectivity index (χ0v) is 14.7. The van der Waals surface area contributed by atoms with Gasteiger partial charge >= 0.3 is 0 Å². The van der Waals surface area contributed by atoms with Crippen LogP contribution in [-0.4, -0.2) is 30.0 Å². The van der Waals surface area contributed by atoms with Crippen molar-refractivity contribution in [2.45, 2.75) is 25.3 Å². The highest BCUT2D eigenvalue weighted by atomic mass is 16.2. The van der Waals surface area contributed by atoms with Crippen LogP contribution in [0.5, 0.6) is 0 Å². The van der Waals surface area contributed by atoms with Crippen molar-refractivity contribution < 1.29 is 4.79 Å². The fourth-order valence-electron chi connectivity index (χ4n) is 3.60. The van der Waals surface area contributed by atoms with Gasteiger partial charge in [-0.25, -0.2) is 0 Å². The predicted molar refractivity (Wildman–Crippen MR) is 106 cm³/mol. The highest BCUT2D eigenvalue weighted by molar-refractivity contribution is 5.95. The van der Waals surface area contributed by atoms with Crippen LogP contribution < -0.4 is 16.0 Å². The van der Waals surface area contributed by atoms with Crippen LogP contribution in [0.4, 0.5) is 11.4 Å². The van der Waals surface area contributed by atoms with Crippen LogP contribution in [0.1, 0.15) is 18.4 Å². The number of hydrogen-bond donors (Lipinski definition) is 3. The molecule has 3 aromatic rings. The first-order valence-corrected chi connectivity index (χ1v) is 9.17. The zero-order chi connectivity index (χ0) is 17.9. The van der Waals surface area contributed by atoms with Crippen LogP contribution in [0.3, 0.4) is 0 Å². The number of rotatable bonds is 5. The molecular formula is C21H24N4O. The maximum absolute atomic E-state index is 12.5. The van der Waals surface area contributed by atoms with Crippen LogP contribution in [0.15, 0.2) is 54.7 Å². The predicted octanol–water partition coefficient (Wildman–Crippen LogP) is 3.28. The molecule has 0 bridgehead atoms. The molecule has 5 nitrogen and oxygen atoms in total. The molecule has 1 atom stereocenters. The molecule has 0 aliphatic carbocycles. The van der Waals surface area contributed by atoms with E-state index in [-0.39, 0.29) is 5.91 Å². The molecule has 2 heterocycles. The van der Waals surface area contributed by atoms with Crippen molar-refractivity contribution in [3.05, 3.63) is 60.3 Å². The van der Waals surface area contributed by atoms with Gasteiger partial charge < -0.3 is 20.9 Å². The first-order chi connectivity index (χ1) is 12.7. The molecule has 4 rings (SSSR count). The third-order valence-corrected chi connectivity index (χ3v) is 5.06. The molecule has 1 aromatic heterocycles. The summed E-state index contributed by atoms with van der Waals surface area (Å²) in [5.41, 5.74) is 10.3. The number of H-pyrrole nitrogens is 1. The number of anilines is 2. The molecule has 0 spiro atoms. The minimum atomic E-state index is -0.590. The molecule has 4 N–H and O–H groups in total. The Morgan fingerprint density at radius 3 is 2.62 bits per heavy atom. The molecular weight excluding hydrogens is 324 g/mol. The zero-order valence-electron chi connectivity index (χ0n) is 14.7. The Kier molecular flexibility index (Phi) is 4.63. The van der Waals surface area contributed by atoms with Crippen molar-refractivity contribution >= 4 is 28.2 Å². The van der Waals surface area contributed by atoms with Crippen LogP contribution in [0, 0.1) is 0 Å². The van der Waals surface area contributed by atoms with Crippen LogP contribution >= 0.6 is 0 Å². The third-order valence-electron chi connectivity index (χ3n) is 5.06. The summed E-state index contributed by atoms with van der Waals surface area (Å²) in [5, 5.41) is 4.04. The summed E-state index contributed by atoms with van der Waals surface area (Å²) in [7, 11) is 0. The lowest BCUT2D eigenvalue weighted by Gasteiger charge is -2.18. The largest absolute Gasteiger partial charge is 0.372 e. The second-order valence-electron chi connectivity index (χ2n) is 6.90. The Balaban J connectivity index is 1.39. The lowest BCUT2D eigenvalue weighted by Crippen LogP contribution is -2.37. The number of aromatic nitrogens is 1. The first kappa shape index (κ1) is 16.7. The number of nitrogens with zero attached hydrogens (tertiary/aromatic N) is 1. The average molecular weight is 348 g/mol. The number of aromatic amines is 1. The Morgan fingerprint density at radius 2 is 1.85 bits per heavy atom. The number of fused-ring (bicyclic) bond motifs is 1. The maximum atomic E-state index is 12.5. The van der Waals surface area contributed by atoms with E-state index in [1.54, 1.807) is 0 Å². The molecule has 1 amide bonds. The minimum Gasteiger partial charge on any atom is -0.372 e. The normalized spacial score (nSPS) is 15.3. The van der Waals surface area contributed by atoms with Gasteiger partial charge in [0.05, 0.1) is 6.04 Å². The van der Waals surface area contributed by atoms with Gasteiger partial charge in [-0.2, -0.15) is 0 Å². The highest BCUT2D eigenvalue weighted by Crippen LogP contribution is 2.22. The Labute approximate surface area is 153 Å². The summed E-state index contributed by atoms with van der Waals surface area (Å²) < 4.78 is 0. The number of nitrogens with one attached hydrogen (secondary N) is 2. The van der Waals surface area contributed by atoms with Crippen LogP contribution in [-0.2, 0) is 11.2 Å². The van der Waals surface area contributed by atoms with E-state index in [9.17, 15) is 4.79 Å². The van der Waals surface area contributed by atoms with Crippen molar-refractivity contribution in [1.82, 2.24) is 4.98 Å². The summed E-state index contributed by atoms with van der Waals surface area (Å²) in [6.07, 6.45) is 4.94. The van der Waals surface area contributed by atoms with Gasteiger partial charge in [-0.1, -0.05) is 18.2 Å².